The fraction of sp³-hybridized carbons (Fsp3) is 0.714. The van der Waals surface area contributed by atoms with Crippen LogP contribution < -0.4 is 0 Å². The second-order valence-electron chi connectivity index (χ2n) is 1.77. The largest absolute Gasteiger partial charge is 0.114 e. The van der Waals surface area contributed by atoms with E-state index < -0.39 is 0 Å². The SMILES string of the molecule is Br.CCCCC=CCBr. The Bertz CT molecular complexity index is 59.9. The van der Waals surface area contributed by atoms with Crippen molar-refractivity contribution in [1.29, 1.82) is 0 Å². The molecule has 0 atom stereocenters. The van der Waals surface area contributed by atoms with Crippen molar-refractivity contribution in [3.8, 4) is 0 Å². The molecule has 0 saturated heterocycles. The first kappa shape index (κ1) is 12.4. The molecule has 0 saturated carbocycles. The van der Waals surface area contributed by atoms with Gasteiger partial charge in [-0.05, 0) is 6.42 Å². The molecule has 0 aliphatic heterocycles. The summed E-state index contributed by atoms with van der Waals surface area (Å²) in [4.78, 5) is 0. The Hall–Kier alpha value is 0.700. The molecule has 0 nitrogen and oxygen atoms in total. The van der Waals surface area contributed by atoms with Crippen molar-refractivity contribution in [1.82, 2.24) is 0 Å². The third-order valence-electron chi connectivity index (χ3n) is 0.980. The van der Waals surface area contributed by atoms with E-state index in [1.54, 1.807) is 0 Å². The van der Waals surface area contributed by atoms with E-state index in [4.69, 9.17) is 0 Å². The summed E-state index contributed by atoms with van der Waals surface area (Å²) >= 11 is 3.31. The molecule has 2 heteroatoms. The Balaban J connectivity index is 0. The summed E-state index contributed by atoms with van der Waals surface area (Å²) in [5, 5.41) is 0.997. The summed E-state index contributed by atoms with van der Waals surface area (Å²) in [7, 11) is 0. The maximum absolute atomic E-state index is 3.31. The van der Waals surface area contributed by atoms with E-state index in [0.717, 1.165) is 5.33 Å². The lowest BCUT2D eigenvalue weighted by molar-refractivity contribution is 0.814. The monoisotopic (exact) mass is 256 g/mol. The van der Waals surface area contributed by atoms with Gasteiger partial charge in [0, 0.05) is 5.33 Å². The highest BCUT2D eigenvalue weighted by molar-refractivity contribution is 9.09. The molecule has 56 valence electrons. The molecule has 0 spiro atoms. The smallest absolute Gasteiger partial charge is 0.0212 e. The van der Waals surface area contributed by atoms with E-state index in [1.165, 1.54) is 19.3 Å². The van der Waals surface area contributed by atoms with Gasteiger partial charge in [-0.3, -0.25) is 0 Å². The van der Waals surface area contributed by atoms with Gasteiger partial charge in [0.05, 0.1) is 0 Å². The van der Waals surface area contributed by atoms with Crippen molar-refractivity contribution < 1.29 is 0 Å². The highest BCUT2D eigenvalue weighted by Gasteiger charge is 1.75. The highest BCUT2D eigenvalue weighted by atomic mass is 79.9. The number of rotatable bonds is 4. The van der Waals surface area contributed by atoms with Crippen LogP contribution in [0.2, 0.25) is 0 Å². The van der Waals surface area contributed by atoms with E-state index in [-0.39, 0.29) is 17.0 Å². The number of alkyl halides is 1. The Morgan fingerprint density at radius 1 is 1.33 bits per heavy atom. The van der Waals surface area contributed by atoms with E-state index in [9.17, 15) is 0 Å². The summed E-state index contributed by atoms with van der Waals surface area (Å²) in [6, 6.07) is 0. The molecule has 0 amide bonds. The summed E-state index contributed by atoms with van der Waals surface area (Å²) in [5.41, 5.74) is 0. The van der Waals surface area contributed by atoms with E-state index in [1.807, 2.05) is 0 Å². The molecule has 0 aromatic carbocycles. The van der Waals surface area contributed by atoms with Crippen molar-refractivity contribution in [3.05, 3.63) is 12.2 Å². The maximum atomic E-state index is 3.31. The Kier molecular flexibility index (Phi) is 15.8. The first-order chi connectivity index (χ1) is 3.91. The number of unbranched alkanes of at least 4 members (excludes halogenated alkanes) is 2. The molecule has 0 aliphatic rings. The minimum Gasteiger partial charge on any atom is -0.114 e. The van der Waals surface area contributed by atoms with Crippen molar-refractivity contribution in [2.75, 3.05) is 5.33 Å². The molecular formula is C7H14Br2. The van der Waals surface area contributed by atoms with Gasteiger partial charge < -0.3 is 0 Å². The van der Waals surface area contributed by atoms with Crippen LogP contribution in [-0.4, -0.2) is 5.33 Å². The van der Waals surface area contributed by atoms with Crippen molar-refractivity contribution in [3.63, 3.8) is 0 Å². The first-order valence-corrected chi connectivity index (χ1v) is 4.25. The molecule has 0 N–H and O–H groups in total. The van der Waals surface area contributed by atoms with Gasteiger partial charge in [0.15, 0.2) is 0 Å². The lowest BCUT2D eigenvalue weighted by Gasteiger charge is -1.85. The zero-order chi connectivity index (χ0) is 6.24. The fourth-order valence-corrected chi connectivity index (χ4v) is 0.767. The Morgan fingerprint density at radius 3 is 2.44 bits per heavy atom. The van der Waals surface area contributed by atoms with Gasteiger partial charge >= 0.3 is 0 Å². The van der Waals surface area contributed by atoms with Gasteiger partial charge in [0.25, 0.3) is 0 Å². The molecule has 0 aromatic heterocycles. The maximum Gasteiger partial charge on any atom is 0.0212 e. The molecule has 0 rings (SSSR count). The minimum absolute atomic E-state index is 0. The summed E-state index contributed by atoms with van der Waals surface area (Å²) in [6.45, 7) is 2.21. The predicted molar refractivity (Wildman–Crippen MR) is 52.8 cm³/mol. The van der Waals surface area contributed by atoms with Crippen LogP contribution >= 0.6 is 32.9 Å². The van der Waals surface area contributed by atoms with Crippen molar-refractivity contribution in [2.45, 2.75) is 26.2 Å². The summed E-state index contributed by atoms with van der Waals surface area (Å²) < 4.78 is 0. The third-order valence-corrected chi connectivity index (χ3v) is 1.35. The molecule has 0 heterocycles. The number of halogens is 2. The average molecular weight is 258 g/mol. The Labute approximate surface area is 76.6 Å². The lowest BCUT2D eigenvalue weighted by Crippen LogP contribution is -1.66. The molecule has 0 fully saturated rings. The van der Waals surface area contributed by atoms with Gasteiger partial charge in [-0.2, -0.15) is 0 Å². The summed E-state index contributed by atoms with van der Waals surface area (Å²) in [6.07, 6.45) is 8.23. The molecule has 0 aliphatic carbocycles. The second-order valence-corrected chi connectivity index (χ2v) is 2.42. The highest BCUT2D eigenvalue weighted by Crippen LogP contribution is 1.94. The fourth-order valence-electron chi connectivity index (χ4n) is 0.503. The van der Waals surface area contributed by atoms with Gasteiger partial charge in [-0.25, -0.2) is 0 Å². The van der Waals surface area contributed by atoms with Crippen LogP contribution in [0.15, 0.2) is 12.2 Å². The number of allylic oxidation sites excluding steroid dienone is 2. The van der Waals surface area contributed by atoms with Crippen LogP contribution in [0.3, 0.4) is 0 Å². The van der Waals surface area contributed by atoms with Crippen LogP contribution in [0, 0.1) is 0 Å². The third kappa shape index (κ3) is 12.0. The van der Waals surface area contributed by atoms with E-state index in [0.29, 0.717) is 0 Å². The quantitative estimate of drug-likeness (QED) is 0.409. The predicted octanol–water partition coefficient (Wildman–Crippen LogP) is 3.71. The van der Waals surface area contributed by atoms with Crippen LogP contribution in [0.5, 0.6) is 0 Å². The van der Waals surface area contributed by atoms with E-state index >= 15 is 0 Å². The van der Waals surface area contributed by atoms with Gasteiger partial charge in [-0.1, -0.05) is 47.8 Å². The number of hydrogen-bond donors (Lipinski definition) is 0. The van der Waals surface area contributed by atoms with Crippen molar-refractivity contribution >= 4 is 32.9 Å². The standard InChI is InChI=1S/C7H13Br.BrH/c1-2-3-4-5-6-7-8;/h5-6H,2-4,7H2,1H3;1H. The molecule has 0 unspecified atom stereocenters. The minimum atomic E-state index is 0. The lowest BCUT2D eigenvalue weighted by atomic mass is 10.2. The average Bonchev–Trinajstić information content (AvgIpc) is 1.81. The van der Waals surface area contributed by atoms with Crippen LogP contribution in [-0.2, 0) is 0 Å². The Morgan fingerprint density at radius 2 is 2.00 bits per heavy atom. The molecule has 0 radical (unpaired) electrons. The first-order valence-electron chi connectivity index (χ1n) is 3.12. The van der Waals surface area contributed by atoms with Crippen LogP contribution in [0.25, 0.3) is 0 Å². The van der Waals surface area contributed by atoms with Gasteiger partial charge in [-0.15, -0.1) is 17.0 Å². The number of hydrogen-bond acceptors (Lipinski definition) is 0. The van der Waals surface area contributed by atoms with E-state index in [2.05, 4.69) is 35.0 Å². The van der Waals surface area contributed by atoms with Gasteiger partial charge in [0.2, 0.25) is 0 Å². The second kappa shape index (κ2) is 11.5. The zero-order valence-corrected chi connectivity index (χ0v) is 9.07. The molecular weight excluding hydrogens is 244 g/mol. The molecule has 0 aromatic rings. The normalized spacial score (nSPS) is 9.56. The molecule has 0 bridgehead atoms. The van der Waals surface area contributed by atoms with Crippen molar-refractivity contribution in [2.24, 2.45) is 0 Å². The zero-order valence-electron chi connectivity index (χ0n) is 5.77. The van der Waals surface area contributed by atoms with Crippen LogP contribution in [0.4, 0.5) is 0 Å². The van der Waals surface area contributed by atoms with Gasteiger partial charge in [0.1, 0.15) is 0 Å². The summed E-state index contributed by atoms with van der Waals surface area (Å²) in [5.74, 6) is 0. The van der Waals surface area contributed by atoms with Crippen LogP contribution in [0.1, 0.15) is 26.2 Å². The topological polar surface area (TPSA) is 0 Å². The molecule has 9 heavy (non-hydrogen) atoms.